The summed E-state index contributed by atoms with van der Waals surface area (Å²) in [6.45, 7) is 4.01. The number of carbonyl (C=O) groups is 1. The number of methoxy groups -OCH3 is 2. The van der Waals surface area contributed by atoms with Crippen LogP contribution in [0.3, 0.4) is 0 Å². The molecule has 1 amide bonds. The summed E-state index contributed by atoms with van der Waals surface area (Å²) in [5.74, 6) is 1.52. The average molecular weight is 418 g/mol. The van der Waals surface area contributed by atoms with E-state index in [9.17, 15) is 4.79 Å². The molecule has 0 aromatic heterocycles. The van der Waals surface area contributed by atoms with Gasteiger partial charge in [-0.3, -0.25) is 4.79 Å². The number of hydrogen-bond donors (Lipinski definition) is 1. The predicted octanol–water partition coefficient (Wildman–Crippen LogP) is 4.68. The van der Waals surface area contributed by atoms with Gasteiger partial charge in [0.2, 0.25) is 5.91 Å². The minimum Gasteiger partial charge on any atom is -0.495 e. The van der Waals surface area contributed by atoms with Crippen molar-refractivity contribution in [2.45, 2.75) is 0 Å². The minimum absolute atomic E-state index is 0.271. The normalized spacial score (nSPS) is 10.4. The number of hydrogen-bond acceptors (Lipinski definition) is 4. The van der Waals surface area contributed by atoms with Crippen LogP contribution in [0.25, 0.3) is 6.08 Å². The first-order valence-corrected chi connectivity index (χ1v) is 8.61. The summed E-state index contributed by atoms with van der Waals surface area (Å²) in [7, 11) is 3.12. The maximum Gasteiger partial charge on any atom is 0.248 e. The van der Waals surface area contributed by atoms with Gasteiger partial charge >= 0.3 is 0 Å². The molecule has 6 heteroatoms. The molecule has 2 aromatic rings. The lowest BCUT2D eigenvalue weighted by Gasteiger charge is -2.10. The van der Waals surface area contributed by atoms with Crippen molar-refractivity contribution in [2.75, 3.05) is 26.1 Å². The van der Waals surface area contributed by atoms with E-state index >= 15 is 0 Å². The quantitative estimate of drug-likeness (QED) is 0.500. The van der Waals surface area contributed by atoms with Gasteiger partial charge in [-0.1, -0.05) is 34.7 Å². The van der Waals surface area contributed by atoms with Crippen LogP contribution in [-0.4, -0.2) is 26.7 Å². The summed E-state index contributed by atoms with van der Waals surface area (Å²) in [6.07, 6.45) is 4.80. The molecule has 0 radical (unpaired) electrons. The van der Waals surface area contributed by atoms with Crippen LogP contribution in [0.2, 0.25) is 0 Å². The zero-order valence-electron chi connectivity index (χ0n) is 14.6. The summed E-state index contributed by atoms with van der Waals surface area (Å²) in [6, 6.07) is 10.8. The number of nitrogens with one attached hydrogen (secondary N) is 1. The Kier molecular flexibility index (Phi) is 7.29. The highest BCUT2D eigenvalue weighted by Crippen LogP contribution is 2.29. The molecule has 0 aliphatic rings. The lowest BCUT2D eigenvalue weighted by atomic mass is 10.2. The SMILES string of the molecule is C=CCOc1ccc(/C=C/C(=O)Nc2cc(Br)ccc2OC)cc1OC. The van der Waals surface area contributed by atoms with Gasteiger partial charge in [0, 0.05) is 10.5 Å². The highest BCUT2D eigenvalue weighted by atomic mass is 79.9. The first-order chi connectivity index (χ1) is 12.6. The third-order valence-corrected chi connectivity index (χ3v) is 3.88. The second-order valence-electron chi connectivity index (χ2n) is 5.18. The third kappa shape index (κ3) is 5.39. The molecular formula is C20H20BrNO4. The number of carbonyl (C=O) groups excluding carboxylic acids is 1. The van der Waals surface area contributed by atoms with E-state index in [-0.39, 0.29) is 5.91 Å². The number of anilines is 1. The van der Waals surface area contributed by atoms with E-state index in [4.69, 9.17) is 14.2 Å². The van der Waals surface area contributed by atoms with Crippen molar-refractivity contribution >= 4 is 33.6 Å². The molecule has 0 atom stereocenters. The Hall–Kier alpha value is -2.73. The van der Waals surface area contributed by atoms with Crippen molar-refractivity contribution in [3.8, 4) is 17.2 Å². The molecule has 0 spiro atoms. The fraction of sp³-hybridized carbons (Fsp3) is 0.150. The first kappa shape index (κ1) is 19.6. The maximum atomic E-state index is 12.2. The van der Waals surface area contributed by atoms with Crippen molar-refractivity contribution in [3.63, 3.8) is 0 Å². The molecule has 0 saturated carbocycles. The molecule has 26 heavy (non-hydrogen) atoms. The monoisotopic (exact) mass is 417 g/mol. The number of halogens is 1. The number of amides is 1. The van der Waals surface area contributed by atoms with E-state index < -0.39 is 0 Å². The molecular weight excluding hydrogens is 398 g/mol. The lowest BCUT2D eigenvalue weighted by molar-refractivity contribution is -0.111. The van der Waals surface area contributed by atoms with E-state index in [1.807, 2.05) is 12.1 Å². The van der Waals surface area contributed by atoms with Gasteiger partial charge in [0.25, 0.3) is 0 Å². The Morgan fingerprint density at radius 2 is 1.85 bits per heavy atom. The Bertz CT molecular complexity index is 817. The van der Waals surface area contributed by atoms with Crippen LogP contribution in [0.15, 0.2) is 59.6 Å². The van der Waals surface area contributed by atoms with E-state index in [0.717, 1.165) is 10.0 Å². The topological polar surface area (TPSA) is 56.8 Å². The summed E-state index contributed by atoms with van der Waals surface area (Å²) in [4.78, 5) is 12.2. The largest absolute Gasteiger partial charge is 0.495 e. The van der Waals surface area contributed by atoms with E-state index in [1.54, 1.807) is 50.6 Å². The zero-order chi connectivity index (χ0) is 18.9. The van der Waals surface area contributed by atoms with Gasteiger partial charge in [0.1, 0.15) is 12.4 Å². The van der Waals surface area contributed by atoms with Crippen LogP contribution in [0.1, 0.15) is 5.56 Å². The van der Waals surface area contributed by atoms with Crippen molar-refractivity contribution in [3.05, 3.63) is 65.2 Å². The highest BCUT2D eigenvalue weighted by Gasteiger charge is 2.07. The number of rotatable bonds is 8. The number of ether oxygens (including phenoxy) is 3. The van der Waals surface area contributed by atoms with E-state index in [0.29, 0.717) is 29.5 Å². The van der Waals surface area contributed by atoms with Gasteiger partial charge in [0.15, 0.2) is 11.5 Å². The van der Waals surface area contributed by atoms with Crippen molar-refractivity contribution < 1.29 is 19.0 Å². The molecule has 1 N–H and O–H groups in total. The molecule has 2 rings (SSSR count). The number of benzene rings is 2. The molecule has 0 bridgehead atoms. The molecule has 0 saturated heterocycles. The maximum absolute atomic E-state index is 12.2. The summed E-state index contributed by atoms with van der Waals surface area (Å²) >= 11 is 3.37. The molecule has 0 unspecified atom stereocenters. The Morgan fingerprint density at radius 1 is 1.12 bits per heavy atom. The van der Waals surface area contributed by atoms with Gasteiger partial charge in [-0.25, -0.2) is 0 Å². The van der Waals surface area contributed by atoms with Crippen molar-refractivity contribution in [2.24, 2.45) is 0 Å². The zero-order valence-corrected chi connectivity index (χ0v) is 16.2. The van der Waals surface area contributed by atoms with Gasteiger partial charge in [0.05, 0.1) is 19.9 Å². The van der Waals surface area contributed by atoms with E-state index in [2.05, 4.69) is 27.8 Å². The van der Waals surface area contributed by atoms with Crippen LogP contribution < -0.4 is 19.5 Å². The predicted molar refractivity (Wildman–Crippen MR) is 107 cm³/mol. The van der Waals surface area contributed by atoms with Crippen molar-refractivity contribution in [1.29, 1.82) is 0 Å². The fourth-order valence-electron chi connectivity index (χ4n) is 2.18. The minimum atomic E-state index is -0.271. The Balaban J connectivity index is 2.10. The van der Waals surface area contributed by atoms with Crippen LogP contribution in [0.4, 0.5) is 5.69 Å². The molecule has 2 aromatic carbocycles. The first-order valence-electron chi connectivity index (χ1n) is 7.81. The third-order valence-electron chi connectivity index (χ3n) is 3.39. The molecule has 0 aliphatic heterocycles. The highest BCUT2D eigenvalue weighted by molar-refractivity contribution is 9.10. The molecule has 5 nitrogen and oxygen atoms in total. The summed E-state index contributed by atoms with van der Waals surface area (Å²) in [5.41, 5.74) is 1.39. The van der Waals surface area contributed by atoms with Gasteiger partial charge in [-0.05, 0) is 42.0 Å². The van der Waals surface area contributed by atoms with Crippen LogP contribution >= 0.6 is 15.9 Å². The smallest absolute Gasteiger partial charge is 0.248 e. The molecule has 0 heterocycles. The lowest BCUT2D eigenvalue weighted by Crippen LogP contribution is -2.08. The standard InChI is InChI=1S/C20H20BrNO4/c1-4-11-26-18-8-5-14(12-19(18)25-3)6-10-20(23)22-16-13-15(21)7-9-17(16)24-2/h4-10,12-13H,1,11H2,2-3H3,(H,22,23)/b10-6+. The summed E-state index contributed by atoms with van der Waals surface area (Å²) < 4.78 is 16.9. The Morgan fingerprint density at radius 3 is 2.54 bits per heavy atom. The van der Waals surface area contributed by atoms with Gasteiger partial charge in [-0.2, -0.15) is 0 Å². The second kappa shape index (κ2) is 9.68. The summed E-state index contributed by atoms with van der Waals surface area (Å²) in [5, 5.41) is 2.79. The van der Waals surface area contributed by atoms with Gasteiger partial charge < -0.3 is 19.5 Å². The molecule has 0 fully saturated rings. The Labute approximate surface area is 161 Å². The fourth-order valence-corrected chi connectivity index (χ4v) is 2.54. The second-order valence-corrected chi connectivity index (χ2v) is 6.09. The average Bonchev–Trinajstić information content (AvgIpc) is 2.65. The van der Waals surface area contributed by atoms with Crippen molar-refractivity contribution in [1.82, 2.24) is 0 Å². The van der Waals surface area contributed by atoms with E-state index in [1.165, 1.54) is 6.08 Å². The molecule has 136 valence electrons. The van der Waals surface area contributed by atoms with Gasteiger partial charge in [-0.15, -0.1) is 0 Å². The molecule has 0 aliphatic carbocycles. The van der Waals surface area contributed by atoms with Crippen LogP contribution in [0.5, 0.6) is 17.2 Å². The van der Waals surface area contributed by atoms with Crippen LogP contribution in [0, 0.1) is 0 Å². The van der Waals surface area contributed by atoms with Crippen LogP contribution in [-0.2, 0) is 4.79 Å².